The van der Waals surface area contributed by atoms with Crippen LogP contribution in [0.15, 0.2) is 17.2 Å². The van der Waals surface area contributed by atoms with Gasteiger partial charge in [-0.3, -0.25) is 14.0 Å². The van der Waals surface area contributed by atoms with Crippen molar-refractivity contribution in [3.8, 4) is 0 Å². The third kappa shape index (κ3) is 4.04. The van der Waals surface area contributed by atoms with E-state index in [9.17, 15) is 14.4 Å². The van der Waals surface area contributed by atoms with Crippen molar-refractivity contribution in [1.82, 2.24) is 30.2 Å². The van der Waals surface area contributed by atoms with Gasteiger partial charge in [0.25, 0.3) is 5.56 Å². The van der Waals surface area contributed by atoms with Crippen LogP contribution in [-0.2, 0) is 11.3 Å². The molecule has 0 aliphatic carbocycles. The first-order chi connectivity index (χ1) is 10.6. The molecule has 0 bridgehead atoms. The number of hydrogen-bond acceptors (Lipinski definition) is 5. The predicted octanol–water partition coefficient (Wildman–Crippen LogP) is -0.528. The third-order valence-electron chi connectivity index (χ3n) is 2.92. The van der Waals surface area contributed by atoms with Crippen molar-refractivity contribution >= 4 is 17.6 Å². The number of H-pyrrole nitrogens is 1. The number of fused-ring (bicyclic) bond motifs is 1. The van der Waals surface area contributed by atoms with Crippen LogP contribution in [0.1, 0.15) is 25.1 Å². The van der Waals surface area contributed by atoms with E-state index < -0.39 is 12.0 Å². The molecular formula is C12H16N6O4. The van der Waals surface area contributed by atoms with Gasteiger partial charge in [0.1, 0.15) is 0 Å². The highest BCUT2D eigenvalue weighted by molar-refractivity contribution is 5.73. The molecular weight excluding hydrogens is 292 g/mol. The molecule has 0 saturated heterocycles. The predicted molar refractivity (Wildman–Crippen MR) is 75.3 cm³/mol. The minimum Gasteiger partial charge on any atom is -0.481 e. The van der Waals surface area contributed by atoms with Gasteiger partial charge in [-0.25, -0.2) is 4.79 Å². The van der Waals surface area contributed by atoms with Gasteiger partial charge in [0.2, 0.25) is 5.65 Å². The van der Waals surface area contributed by atoms with Gasteiger partial charge in [0.05, 0.1) is 6.54 Å². The average molecular weight is 308 g/mol. The highest BCUT2D eigenvalue weighted by atomic mass is 16.4. The van der Waals surface area contributed by atoms with E-state index >= 15 is 0 Å². The first-order valence-electron chi connectivity index (χ1n) is 6.72. The molecule has 10 nitrogen and oxygen atoms in total. The van der Waals surface area contributed by atoms with E-state index in [2.05, 4.69) is 25.8 Å². The zero-order valence-electron chi connectivity index (χ0n) is 11.7. The van der Waals surface area contributed by atoms with Gasteiger partial charge in [-0.15, -0.1) is 10.2 Å². The number of carboxylic acids is 1. The van der Waals surface area contributed by atoms with Crippen molar-refractivity contribution in [2.24, 2.45) is 0 Å². The average Bonchev–Trinajstić information content (AvgIpc) is 2.89. The van der Waals surface area contributed by atoms with Gasteiger partial charge in [-0.2, -0.15) is 0 Å². The van der Waals surface area contributed by atoms with Crippen molar-refractivity contribution < 1.29 is 14.7 Å². The fourth-order valence-corrected chi connectivity index (χ4v) is 1.83. The Morgan fingerprint density at radius 1 is 1.27 bits per heavy atom. The molecule has 0 saturated carbocycles. The largest absolute Gasteiger partial charge is 0.481 e. The maximum absolute atomic E-state index is 11.6. The highest BCUT2D eigenvalue weighted by Crippen LogP contribution is 1.97. The summed E-state index contributed by atoms with van der Waals surface area (Å²) in [6.45, 7) is 0.505. The fraction of sp³-hybridized carbons (Fsp3) is 0.417. The molecule has 0 atom stereocenters. The molecule has 4 N–H and O–H groups in total. The normalized spacial score (nSPS) is 10.5. The number of aromatic nitrogens is 4. The molecule has 0 fully saturated rings. The molecule has 22 heavy (non-hydrogen) atoms. The number of carbonyl (C=O) groups excluding carboxylic acids is 1. The van der Waals surface area contributed by atoms with Gasteiger partial charge < -0.3 is 20.7 Å². The minimum atomic E-state index is -0.849. The second kappa shape index (κ2) is 7.20. The number of nitrogens with one attached hydrogen (secondary N) is 3. The van der Waals surface area contributed by atoms with Crippen LogP contribution in [-0.4, -0.2) is 43.2 Å². The topological polar surface area (TPSA) is 141 Å². The van der Waals surface area contributed by atoms with Crippen LogP contribution in [0.2, 0.25) is 0 Å². The number of nitrogens with zero attached hydrogens (tertiary/aromatic N) is 3. The lowest BCUT2D eigenvalue weighted by atomic mass is 10.2. The van der Waals surface area contributed by atoms with Crippen molar-refractivity contribution in [3.63, 3.8) is 0 Å². The number of amides is 2. The standard InChI is InChI=1S/C12H16N6O4/c19-9(20)3-1-2-4-14-12(22)15-7-8-16-17-10-11(21)13-5-6-18(8)10/h5-6H,1-4,7H2,(H,13,21)(H,19,20)(H2,14,15,22). The molecule has 0 radical (unpaired) electrons. The molecule has 118 valence electrons. The number of aromatic amines is 1. The number of carboxylic acid groups (broad SMARTS) is 1. The van der Waals surface area contributed by atoms with Crippen molar-refractivity contribution in [3.05, 3.63) is 28.6 Å². The van der Waals surface area contributed by atoms with E-state index in [0.29, 0.717) is 25.2 Å². The van der Waals surface area contributed by atoms with E-state index in [4.69, 9.17) is 5.11 Å². The van der Waals surface area contributed by atoms with Gasteiger partial charge in [-0.1, -0.05) is 0 Å². The van der Waals surface area contributed by atoms with E-state index in [1.165, 1.54) is 10.6 Å². The minimum absolute atomic E-state index is 0.0869. The molecule has 0 spiro atoms. The molecule has 10 heteroatoms. The Morgan fingerprint density at radius 3 is 2.86 bits per heavy atom. The molecule has 2 aromatic rings. The van der Waals surface area contributed by atoms with E-state index in [0.717, 1.165) is 0 Å². The molecule has 2 rings (SSSR count). The molecule has 0 aliphatic heterocycles. The van der Waals surface area contributed by atoms with E-state index in [-0.39, 0.29) is 24.2 Å². The highest BCUT2D eigenvalue weighted by Gasteiger charge is 2.09. The Kier molecular flexibility index (Phi) is 5.07. The maximum Gasteiger partial charge on any atom is 0.315 e. The smallest absolute Gasteiger partial charge is 0.315 e. The van der Waals surface area contributed by atoms with Crippen molar-refractivity contribution in [2.45, 2.75) is 25.8 Å². The summed E-state index contributed by atoms with van der Waals surface area (Å²) in [5, 5.41) is 21.3. The van der Waals surface area contributed by atoms with Crippen LogP contribution in [0, 0.1) is 0 Å². The van der Waals surface area contributed by atoms with E-state index in [1.54, 1.807) is 6.20 Å². The number of rotatable bonds is 7. The Morgan fingerprint density at radius 2 is 2.09 bits per heavy atom. The lowest BCUT2D eigenvalue weighted by molar-refractivity contribution is -0.137. The molecule has 2 amide bonds. The van der Waals surface area contributed by atoms with Gasteiger partial charge in [-0.05, 0) is 12.8 Å². The van der Waals surface area contributed by atoms with Crippen LogP contribution >= 0.6 is 0 Å². The first-order valence-corrected chi connectivity index (χ1v) is 6.72. The summed E-state index contributed by atoms with van der Waals surface area (Å²) in [6, 6.07) is -0.392. The summed E-state index contributed by atoms with van der Waals surface area (Å²) in [5.41, 5.74) is -0.197. The monoisotopic (exact) mass is 308 g/mol. The molecule has 0 unspecified atom stereocenters. The van der Waals surface area contributed by atoms with Crippen LogP contribution in [0.4, 0.5) is 4.79 Å². The zero-order chi connectivity index (χ0) is 15.9. The summed E-state index contributed by atoms with van der Waals surface area (Å²) < 4.78 is 1.49. The summed E-state index contributed by atoms with van der Waals surface area (Å²) >= 11 is 0. The summed E-state index contributed by atoms with van der Waals surface area (Å²) in [4.78, 5) is 35.8. The number of hydrogen-bond donors (Lipinski definition) is 4. The summed E-state index contributed by atoms with van der Waals surface area (Å²) in [5.74, 6) is -0.416. The van der Waals surface area contributed by atoms with Crippen LogP contribution in [0.25, 0.3) is 5.65 Å². The van der Waals surface area contributed by atoms with Crippen molar-refractivity contribution in [2.75, 3.05) is 6.54 Å². The van der Waals surface area contributed by atoms with Crippen LogP contribution < -0.4 is 16.2 Å². The number of unbranched alkanes of at least 4 members (excludes halogenated alkanes) is 1. The number of aliphatic carboxylic acids is 1. The second-order valence-corrected chi connectivity index (χ2v) is 4.56. The lowest BCUT2D eigenvalue weighted by Gasteiger charge is -2.06. The third-order valence-corrected chi connectivity index (χ3v) is 2.92. The van der Waals surface area contributed by atoms with Gasteiger partial charge in [0, 0.05) is 25.4 Å². The lowest BCUT2D eigenvalue weighted by Crippen LogP contribution is -2.36. The van der Waals surface area contributed by atoms with Crippen LogP contribution in [0.5, 0.6) is 0 Å². The summed E-state index contributed by atoms with van der Waals surface area (Å²) in [7, 11) is 0. The maximum atomic E-state index is 11.6. The Balaban J connectivity index is 1.77. The molecule has 0 aliphatic rings. The Hall–Kier alpha value is -2.91. The van der Waals surface area contributed by atoms with E-state index in [1.807, 2.05) is 0 Å². The number of carbonyl (C=O) groups is 2. The fourth-order valence-electron chi connectivity index (χ4n) is 1.83. The van der Waals surface area contributed by atoms with Gasteiger partial charge in [0.15, 0.2) is 5.82 Å². The second-order valence-electron chi connectivity index (χ2n) is 4.56. The molecule has 2 heterocycles. The SMILES string of the molecule is O=C(O)CCCCNC(=O)NCc1nnc2c(=O)[nH]ccn12. The van der Waals surface area contributed by atoms with Crippen molar-refractivity contribution in [1.29, 1.82) is 0 Å². The Labute approximate surface area is 124 Å². The quantitative estimate of drug-likeness (QED) is 0.507. The molecule has 2 aromatic heterocycles. The number of urea groups is 1. The zero-order valence-corrected chi connectivity index (χ0v) is 11.7. The molecule has 0 aromatic carbocycles. The Bertz CT molecular complexity index is 722. The first kappa shape index (κ1) is 15.5. The van der Waals surface area contributed by atoms with Gasteiger partial charge >= 0.3 is 12.0 Å². The summed E-state index contributed by atoms with van der Waals surface area (Å²) in [6.07, 6.45) is 4.24. The van der Waals surface area contributed by atoms with Crippen LogP contribution in [0.3, 0.4) is 0 Å².